The molecular formula is C42H66O14. The van der Waals surface area contributed by atoms with E-state index in [-0.39, 0.29) is 29.1 Å². The maximum atomic E-state index is 14.0. The van der Waals surface area contributed by atoms with E-state index in [4.69, 9.17) is 18.9 Å². The summed E-state index contributed by atoms with van der Waals surface area (Å²) in [4.78, 5) is 27.1. The van der Waals surface area contributed by atoms with Gasteiger partial charge in [0.2, 0.25) is 0 Å². The number of fused-ring (bicyclic) bond motifs is 7. The molecule has 4 saturated carbocycles. The van der Waals surface area contributed by atoms with E-state index in [9.17, 15) is 50.4 Å². The zero-order valence-corrected chi connectivity index (χ0v) is 33.9. The standard InChI is InChI=1S/C42H66O14/c1-19-10-15-41(36(49)50)16-17-42(37(51)52)22(27(41)20(19)2)8-9-25-39(6)13-12-26(38(4,5)24(39)11-14-40(25,42)7)55-35-32(48)33(28(44)21(3)53-35)56-34-31(47)30(46)29(45)23(18-43)54-34/h8,19-21,23-35,43-48H,9-18H2,1-7H3,(H,49,50)(H,51,52)/t19-,20+,21-,23-,24-,25-,26+,27-,28-,29+,30+,31-,32-,33+,34+,35+,39+,40-,41+,42-/m1/s1. The molecule has 0 bridgehead atoms. The maximum absolute atomic E-state index is 14.0. The normalized spacial score (nSPS) is 54.1. The Morgan fingerprint density at radius 3 is 2.07 bits per heavy atom. The number of allylic oxidation sites excluding steroid dienone is 1. The van der Waals surface area contributed by atoms with Gasteiger partial charge in [-0.15, -0.1) is 0 Å². The second kappa shape index (κ2) is 14.5. The summed E-state index contributed by atoms with van der Waals surface area (Å²) >= 11 is 0. The number of carbonyl (C=O) groups is 2. The van der Waals surface area contributed by atoms with Crippen LogP contribution in [-0.2, 0) is 28.5 Å². The summed E-state index contributed by atoms with van der Waals surface area (Å²) in [5, 5.41) is 85.6. The quantitative estimate of drug-likeness (QED) is 0.137. The zero-order chi connectivity index (χ0) is 41.1. The summed E-state index contributed by atoms with van der Waals surface area (Å²) in [6.07, 6.45) is -7.03. The molecule has 2 saturated heterocycles. The van der Waals surface area contributed by atoms with Gasteiger partial charge in [-0.25, -0.2) is 0 Å². The van der Waals surface area contributed by atoms with Gasteiger partial charge in [-0.05, 0) is 111 Å². The Labute approximate surface area is 329 Å². The second-order valence-corrected chi connectivity index (χ2v) is 20.0. The summed E-state index contributed by atoms with van der Waals surface area (Å²) in [6.45, 7) is 14.0. The fraction of sp³-hybridized carbons (Fsp3) is 0.905. The number of aliphatic carboxylic acids is 2. The van der Waals surface area contributed by atoms with Crippen LogP contribution in [0.25, 0.3) is 0 Å². The van der Waals surface area contributed by atoms with Gasteiger partial charge in [-0.1, -0.05) is 53.2 Å². The first-order valence-corrected chi connectivity index (χ1v) is 20.9. The molecule has 8 N–H and O–H groups in total. The molecular weight excluding hydrogens is 728 g/mol. The van der Waals surface area contributed by atoms with E-state index >= 15 is 0 Å². The molecule has 0 spiro atoms. The van der Waals surface area contributed by atoms with Crippen LogP contribution >= 0.6 is 0 Å². The minimum atomic E-state index is -1.73. The zero-order valence-electron chi connectivity index (χ0n) is 33.9. The molecule has 0 amide bonds. The maximum Gasteiger partial charge on any atom is 0.314 e. The molecule has 14 heteroatoms. The summed E-state index contributed by atoms with van der Waals surface area (Å²) in [5.41, 5.74) is -2.61. The summed E-state index contributed by atoms with van der Waals surface area (Å²) < 4.78 is 24.1. The van der Waals surface area contributed by atoms with Gasteiger partial charge in [0.25, 0.3) is 0 Å². The van der Waals surface area contributed by atoms with Crippen LogP contribution in [0.15, 0.2) is 11.6 Å². The fourth-order valence-corrected chi connectivity index (χ4v) is 14.0. The highest BCUT2D eigenvalue weighted by atomic mass is 16.7. The molecule has 2 heterocycles. The first-order chi connectivity index (χ1) is 26.1. The highest BCUT2D eigenvalue weighted by Gasteiger charge is 2.73. The monoisotopic (exact) mass is 794 g/mol. The van der Waals surface area contributed by atoms with Crippen molar-refractivity contribution in [2.24, 2.45) is 56.7 Å². The number of carboxylic acid groups (broad SMARTS) is 2. The molecule has 6 fully saturated rings. The van der Waals surface area contributed by atoms with Crippen molar-refractivity contribution in [1.29, 1.82) is 0 Å². The Kier molecular flexibility index (Phi) is 11.0. The van der Waals surface area contributed by atoms with Gasteiger partial charge in [0.05, 0.1) is 29.6 Å². The Bertz CT molecular complexity index is 1550. The van der Waals surface area contributed by atoms with Crippen molar-refractivity contribution in [3.8, 4) is 0 Å². The molecule has 56 heavy (non-hydrogen) atoms. The van der Waals surface area contributed by atoms with Gasteiger partial charge in [0, 0.05) is 0 Å². The van der Waals surface area contributed by atoms with E-state index in [2.05, 4.69) is 47.6 Å². The number of hydrogen-bond acceptors (Lipinski definition) is 12. The van der Waals surface area contributed by atoms with E-state index < -0.39 is 108 Å². The van der Waals surface area contributed by atoms with Crippen LogP contribution in [0.5, 0.6) is 0 Å². The Balaban J connectivity index is 1.14. The molecule has 14 nitrogen and oxygen atoms in total. The van der Waals surface area contributed by atoms with Crippen LogP contribution in [0.3, 0.4) is 0 Å². The first kappa shape index (κ1) is 42.4. The Morgan fingerprint density at radius 2 is 1.43 bits per heavy atom. The van der Waals surface area contributed by atoms with Crippen molar-refractivity contribution in [2.75, 3.05) is 6.61 Å². The van der Waals surface area contributed by atoms with Crippen molar-refractivity contribution in [3.05, 3.63) is 11.6 Å². The number of hydrogen-bond donors (Lipinski definition) is 8. The molecule has 0 aromatic rings. The average Bonchev–Trinajstić information content (AvgIpc) is 3.14. The van der Waals surface area contributed by atoms with Crippen LogP contribution in [0.1, 0.15) is 106 Å². The van der Waals surface area contributed by atoms with Gasteiger partial charge in [0.1, 0.15) is 42.7 Å². The van der Waals surface area contributed by atoms with Gasteiger partial charge >= 0.3 is 11.9 Å². The number of carboxylic acids is 2. The van der Waals surface area contributed by atoms with Crippen LogP contribution < -0.4 is 0 Å². The van der Waals surface area contributed by atoms with Crippen LogP contribution in [0.4, 0.5) is 0 Å². The molecule has 7 aliphatic rings. The van der Waals surface area contributed by atoms with Gasteiger partial charge in [0.15, 0.2) is 12.6 Å². The third-order valence-corrected chi connectivity index (χ3v) is 17.4. The van der Waals surface area contributed by atoms with E-state index in [0.717, 1.165) is 24.8 Å². The first-order valence-electron chi connectivity index (χ1n) is 20.9. The van der Waals surface area contributed by atoms with E-state index in [1.54, 1.807) is 6.92 Å². The lowest BCUT2D eigenvalue weighted by atomic mass is 9.33. The average molecular weight is 795 g/mol. The lowest BCUT2D eigenvalue weighted by Crippen LogP contribution is -2.68. The van der Waals surface area contributed by atoms with Gasteiger partial charge in [-0.3, -0.25) is 9.59 Å². The number of aliphatic hydroxyl groups is 6. The lowest BCUT2D eigenvalue weighted by Gasteiger charge is -2.70. The molecule has 0 aromatic heterocycles. The number of rotatable bonds is 7. The Morgan fingerprint density at radius 1 is 0.750 bits per heavy atom. The van der Waals surface area contributed by atoms with Gasteiger partial charge < -0.3 is 59.8 Å². The third kappa shape index (κ3) is 5.85. The van der Waals surface area contributed by atoms with Crippen molar-refractivity contribution in [2.45, 2.75) is 174 Å². The Hall–Kier alpha value is -1.72. The highest BCUT2D eigenvalue weighted by Crippen LogP contribution is 2.76. The second-order valence-electron chi connectivity index (χ2n) is 20.0. The molecule has 318 valence electrons. The summed E-state index contributed by atoms with van der Waals surface area (Å²) in [6, 6.07) is 0. The predicted molar refractivity (Wildman–Crippen MR) is 198 cm³/mol. The minimum absolute atomic E-state index is 0.0190. The smallest absolute Gasteiger partial charge is 0.314 e. The van der Waals surface area contributed by atoms with Crippen LogP contribution in [0.2, 0.25) is 0 Å². The van der Waals surface area contributed by atoms with Crippen molar-refractivity contribution in [3.63, 3.8) is 0 Å². The van der Waals surface area contributed by atoms with E-state index in [1.165, 1.54) is 0 Å². The van der Waals surface area contributed by atoms with Crippen molar-refractivity contribution in [1.82, 2.24) is 0 Å². The summed E-state index contributed by atoms with van der Waals surface area (Å²) in [7, 11) is 0. The predicted octanol–water partition coefficient (Wildman–Crippen LogP) is 2.83. The largest absolute Gasteiger partial charge is 0.481 e. The van der Waals surface area contributed by atoms with Gasteiger partial charge in [-0.2, -0.15) is 0 Å². The topological polar surface area (TPSA) is 233 Å². The van der Waals surface area contributed by atoms with E-state index in [1.807, 2.05) is 0 Å². The number of ether oxygens (including phenoxy) is 4. The molecule has 5 aliphatic carbocycles. The number of aliphatic hydroxyl groups excluding tert-OH is 6. The van der Waals surface area contributed by atoms with Crippen molar-refractivity contribution < 1.29 is 69.4 Å². The molecule has 0 unspecified atom stereocenters. The van der Waals surface area contributed by atoms with Crippen LogP contribution in [-0.4, -0.2) is 127 Å². The molecule has 2 aliphatic heterocycles. The lowest BCUT2D eigenvalue weighted by molar-refractivity contribution is -0.366. The SMILES string of the molecule is C[C@H]1[C@H](C)CC[C@]2(C(=O)O)CC[C@]3(C(=O)O)C(=CC[C@@H]4[C@@]5(C)CC[C@H](O[C@@H]6O[C@H](C)[C@@H](O)[C@H](O[C@@H]7O[C@H](CO)[C@H](O)[C@H](O)[C@H]7O)[C@H]6O)C(C)(C)[C@H]5CC[C@]43C)[C@@H]12. The molecule has 20 atom stereocenters. The highest BCUT2D eigenvalue weighted by molar-refractivity contribution is 5.84. The molecule has 0 radical (unpaired) electrons. The minimum Gasteiger partial charge on any atom is -0.481 e. The van der Waals surface area contributed by atoms with E-state index in [0.29, 0.717) is 44.4 Å². The molecule has 7 rings (SSSR count). The molecule has 0 aromatic carbocycles. The third-order valence-electron chi connectivity index (χ3n) is 17.4. The van der Waals surface area contributed by atoms with Crippen LogP contribution in [0, 0.1) is 56.7 Å². The summed E-state index contributed by atoms with van der Waals surface area (Å²) in [5.74, 6) is -1.49. The fourth-order valence-electron chi connectivity index (χ4n) is 14.0. The van der Waals surface area contributed by atoms with Crippen molar-refractivity contribution >= 4 is 11.9 Å².